The molecule has 0 saturated heterocycles. The first-order valence-corrected chi connectivity index (χ1v) is 4.60. The summed E-state index contributed by atoms with van der Waals surface area (Å²) in [6, 6.07) is 5.78. The molecule has 1 amide bonds. The maximum Gasteiger partial charge on any atom is 0.213 e. The van der Waals surface area contributed by atoms with Gasteiger partial charge in [-0.3, -0.25) is 4.79 Å². The van der Waals surface area contributed by atoms with Crippen molar-refractivity contribution in [3.63, 3.8) is 0 Å². The van der Waals surface area contributed by atoms with E-state index in [1.165, 1.54) is 4.90 Å². The Morgan fingerprint density at radius 1 is 1.50 bits per heavy atom. The number of benzene rings is 1. The molecule has 0 bridgehead atoms. The van der Waals surface area contributed by atoms with Crippen molar-refractivity contribution in [1.82, 2.24) is 0 Å². The molecule has 0 atom stereocenters. The molecule has 76 valence electrons. The monoisotopic (exact) mass is 193 g/mol. The van der Waals surface area contributed by atoms with Crippen LogP contribution in [0, 0.1) is 6.92 Å². The highest BCUT2D eigenvalue weighted by atomic mass is 16.5. The van der Waals surface area contributed by atoms with E-state index in [-0.39, 0.29) is 0 Å². The Hall–Kier alpha value is -1.51. The van der Waals surface area contributed by atoms with E-state index < -0.39 is 0 Å². The molecular formula is C11H15NO2. The minimum Gasteiger partial charge on any atom is -0.492 e. The van der Waals surface area contributed by atoms with E-state index >= 15 is 0 Å². The first kappa shape index (κ1) is 10.6. The van der Waals surface area contributed by atoms with Gasteiger partial charge in [0.2, 0.25) is 6.41 Å². The van der Waals surface area contributed by atoms with Crippen LogP contribution in [-0.4, -0.2) is 20.1 Å². The third kappa shape index (κ3) is 2.25. The van der Waals surface area contributed by atoms with Crippen LogP contribution in [0.4, 0.5) is 5.69 Å². The fraction of sp³-hybridized carbons (Fsp3) is 0.364. The number of nitrogens with zero attached hydrogens (tertiary/aromatic N) is 1. The van der Waals surface area contributed by atoms with Crippen molar-refractivity contribution in [2.75, 3.05) is 18.6 Å². The minimum absolute atomic E-state index is 0.600. The zero-order chi connectivity index (χ0) is 10.6. The molecule has 0 heterocycles. The molecule has 0 aliphatic carbocycles. The number of hydrogen-bond acceptors (Lipinski definition) is 2. The SMILES string of the molecule is CCOc1ccc(C)cc1N(C)C=O. The predicted octanol–water partition coefficient (Wildman–Crippen LogP) is 1.99. The van der Waals surface area contributed by atoms with Crippen LogP contribution in [0.1, 0.15) is 12.5 Å². The standard InChI is InChI=1S/C11H15NO2/c1-4-14-11-6-5-9(2)7-10(11)12(3)8-13/h5-8H,4H2,1-3H3. The van der Waals surface area contributed by atoms with Crippen molar-refractivity contribution in [2.24, 2.45) is 0 Å². The number of ether oxygens (including phenoxy) is 1. The molecule has 3 nitrogen and oxygen atoms in total. The quantitative estimate of drug-likeness (QED) is 0.684. The van der Waals surface area contributed by atoms with Gasteiger partial charge in [-0.05, 0) is 31.5 Å². The molecule has 0 aliphatic heterocycles. The minimum atomic E-state index is 0.600. The Morgan fingerprint density at radius 2 is 2.21 bits per heavy atom. The Morgan fingerprint density at radius 3 is 2.79 bits per heavy atom. The summed E-state index contributed by atoms with van der Waals surface area (Å²) in [5.41, 5.74) is 1.92. The topological polar surface area (TPSA) is 29.5 Å². The lowest BCUT2D eigenvalue weighted by Gasteiger charge is -2.16. The van der Waals surface area contributed by atoms with Gasteiger partial charge in [0.25, 0.3) is 0 Å². The molecule has 0 N–H and O–H groups in total. The van der Waals surface area contributed by atoms with Gasteiger partial charge < -0.3 is 9.64 Å². The van der Waals surface area contributed by atoms with E-state index in [0.717, 1.165) is 23.4 Å². The Kier molecular flexibility index (Phi) is 3.51. The third-order valence-corrected chi connectivity index (χ3v) is 1.95. The fourth-order valence-electron chi connectivity index (χ4n) is 1.24. The van der Waals surface area contributed by atoms with E-state index in [9.17, 15) is 4.79 Å². The van der Waals surface area contributed by atoms with Gasteiger partial charge in [0.15, 0.2) is 0 Å². The molecule has 0 saturated carbocycles. The van der Waals surface area contributed by atoms with Crippen molar-refractivity contribution in [2.45, 2.75) is 13.8 Å². The van der Waals surface area contributed by atoms with E-state index in [1.807, 2.05) is 32.0 Å². The molecule has 0 fully saturated rings. The predicted molar refractivity (Wildman–Crippen MR) is 56.8 cm³/mol. The summed E-state index contributed by atoms with van der Waals surface area (Å²) < 4.78 is 5.41. The molecule has 3 heteroatoms. The van der Waals surface area contributed by atoms with Crippen LogP contribution < -0.4 is 9.64 Å². The summed E-state index contributed by atoms with van der Waals surface area (Å²) in [6.45, 7) is 4.51. The first-order chi connectivity index (χ1) is 6.69. The highest BCUT2D eigenvalue weighted by Crippen LogP contribution is 2.27. The van der Waals surface area contributed by atoms with Gasteiger partial charge in [0, 0.05) is 7.05 Å². The number of aryl methyl sites for hydroxylation is 1. The maximum atomic E-state index is 10.6. The maximum absolute atomic E-state index is 10.6. The molecule has 0 aliphatic rings. The molecule has 0 spiro atoms. The Labute approximate surface area is 84.3 Å². The second-order valence-electron chi connectivity index (χ2n) is 3.12. The lowest BCUT2D eigenvalue weighted by atomic mass is 10.2. The summed E-state index contributed by atoms with van der Waals surface area (Å²) in [4.78, 5) is 12.2. The Balaban J connectivity index is 3.08. The highest BCUT2D eigenvalue weighted by molar-refractivity contribution is 5.78. The van der Waals surface area contributed by atoms with Gasteiger partial charge in [-0.25, -0.2) is 0 Å². The second-order valence-corrected chi connectivity index (χ2v) is 3.12. The van der Waals surface area contributed by atoms with Gasteiger partial charge in [-0.15, -0.1) is 0 Å². The van der Waals surface area contributed by atoms with Crippen LogP contribution in [0.15, 0.2) is 18.2 Å². The smallest absolute Gasteiger partial charge is 0.213 e. The van der Waals surface area contributed by atoms with E-state index in [0.29, 0.717) is 6.61 Å². The van der Waals surface area contributed by atoms with Crippen molar-refractivity contribution in [1.29, 1.82) is 0 Å². The van der Waals surface area contributed by atoms with Crippen LogP contribution in [0.25, 0.3) is 0 Å². The molecule has 1 rings (SSSR count). The van der Waals surface area contributed by atoms with Gasteiger partial charge in [0.05, 0.1) is 12.3 Å². The molecule has 0 unspecified atom stereocenters. The number of carbonyl (C=O) groups is 1. The van der Waals surface area contributed by atoms with Gasteiger partial charge >= 0.3 is 0 Å². The van der Waals surface area contributed by atoms with Gasteiger partial charge in [-0.2, -0.15) is 0 Å². The van der Waals surface area contributed by atoms with Crippen LogP contribution in [0.5, 0.6) is 5.75 Å². The number of rotatable bonds is 4. The summed E-state index contributed by atoms with van der Waals surface area (Å²) in [5.74, 6) is 0.743. The van der Waals surface area contributed by atoms with Gasteiger partial charge in [-0.1, -0.05) is 6.07 Å². The van der Waals surface area contributed by atoms with Crippen molar-refractivity contribution in [3.05, 3.63) is 23.8 Å². The average Bonchev–Trinajstić information content (AvgIpc) is 2.20. The van der Waals surface area contributed by atoms with E-state index in [4.69, 9.17) is 4.74 Å². The summed E-state index contributed by atoms with van der Waals surface area (Å²) >= 11 is 0. The van der Waals surface area contributed by atoms with Crippen molar-refractivity contribution >= 4 is 12.1 Å². The largest absolute Gasteiger partial charge is 0.492 e. The van der Waals surface area contributed by atoms with E-state index in [2.05, 4.69) is 0 Å². The number of anilines is 1. The summed E-state index contributed by atoms with van der Waals surface area (Å²) in [6.07, 6.45) is 0.775. The van der Waals surface area contributed by atoms with Crippen LogP contribution in [0.2, 0.25) is 0 Å². The second kappa shape index (κ2) is 4.65. The normalized spacial score (nSPS) is 9.64. The first-order valence-electron chi connectivity index (χ1n) is 4.60. The Bertz CT molecular complexity index is 323. The third-order valence-electron chi connectivity index (χ3n) is 1.95. The average molecular weight is 193 g/mol. The molecular weight excluding hydrogens is 178 g/mol. The van der Waals surface area contributed by atoms with Crippen LogP contribution in [0.3, 0.4) is 0 Å². The highest BCUT2D eigenvalue weighted by Gasteiger charge is 2.07. The molecule has 1 aromatic rings. The van der Waals surface area contributed by atoms with Crippen molar-refractivity contribution in [3.8, 4) is 5.75 Å². The summed E-state index contributed by atoms with van der Waals surface area (Å²) in [7, 11) is 1.71. The molecule has 1 aromatic carbocycles. The fourth-order valence-corrected chi connectivity index (χ4v) is 1.24. The summed E-state index contributed by atoms with van der Waals surface area (Å²) in [5, 5.41) is 0. The number of amides is 1. The molecule has 14 heavy (non-hydrogen) atoms. The zero-order valence-corrected chi connectivity index (χ0v) is 8.78. The molecule has 0 radical (unpaired) electrons. The lowest BCUT2D eigenvalue weighted by Crippen LogP contribution is -2.15. The van der Waals surface area contributed by atoms with Crippen molar-refractivity contribution < 1.29 is 9.53 Å². The van der Waals surface area contributed by atoms with Gasteiger partial charge in [0.1, 0.15) is 5.75 Å². The molecule has 0 aromatic heterocycles. The number of carbonyl (C=O) groups excluding carboxylic acids is 1. The zero-order valence-electron chi connectivity index (χ0n) is 8.78. The number of hydrogen-bond donors (Lipinski definition) is 0. The van der Waals surface area contributed by atoms with Crippen LogP contribution >= 0.6 is 0 Å². The van der Waals surface area contributed by atoms with Crippen LogP contribution in [-0.2, 0) is 4.79 Å². The lowest BCUT2D eigenvalue weighted by molar-refractivity contribution is -0.107. The van der Waals surface area contributed by atoms with E-state index in [1.54, 1.807) is 7.05 Å².